The van der Waals surface area contributed by atoms with Gasteiger partial charge in [-0.1, -0.05) is 32.6 Å². The van der Waals surface area contributed by atoms with Crippen molar-refractivity contribution in [3.63, 3.8) is 0 Å². The van der Waals surface area contributed by atoms with Crippen LogP contribution in [0.25, 0.3) is 0 Å². The van der Waals surface area contributed by atoms with Crippen molar-refractivity contribution in [2.24, 2.45) is 0 Å². The Kier molecular flexibility index (Phi) is 9.55. The van der Waals surface area contributed by atoms with Gasteiger partial charge in [-0.2, -0.15) is 0 Å². The van der Waals surface area contributed by atoms with Crippen molar-refractivity contribution in [1.29, 1.82) is 0 Å². The highest BCUT2D eigenvalue weighted by molar-refractivity contribution is 5.95. The van der Waals surface area contributed by atoms with Gasteiger partial charge in [0.2, 0.25) is 5.91 Å². The number of anilines is 2. The highest BCUT2D eigenvalue weighted by Gasteiger charge is 2.05. The standard InChI is InChI=1S/C23H31N3O3/c1-3-4-5-6-7-16-29-21-14-12-20(13-15-21)26-22(27)17-25-19-10-8-18(9-11-19)23(28)24-2/h8-15,25H,3-7,16-17H2,1-2H3,(H,24,28)(H,26,27). The number of hydrogen-bond donors (Lipinski definition) is 3. The summed E-state index contributed by atoms with van der Waals surface area (Å²) < 4.78 is 5.73. The number of carbonyl (C=O) groups is 2. The number of nitrogens with one attached hydrogen (secondary N) is 3. The second kappa shape index (κ2) is 12.4. The Morgan fingerprint density at radius 1 is 0.862 bits per heavy atom. The lowest BCUT2D eigenvalue weighted by Gasteiger charge is -2.10. The van der Waals surface area contributed by atoms with Gasteiger partial charge < -0.3 is 20.7 Å². The van der Waals surface area contributed by atoms with Crippen LogP contribution >= 0.6 is 0 Å². The first kappa shape index (κ1) is 22.3. The highest BCUT2D eigenvalue weighted by Crippen LogP contribution is 2.16. The summed E-state index contributed by atoms with van der Waals surface area (Å²) in [5, 5.41) is 8.46. The predicted molar refractivity (Wildman–Crippen MR) is 118 cm³/mol. The molecular weight excluding hydrogens is 366 g/mol. The number of unbranched alkanes of at least 4 members (excludes halogenated alkanes) is 4. The van der Waals surface area contributed by atoms with E-state index in [9.17, 15) is 9.59 Å². The van der Waals surface area contributed by atoms with Crippen molar-refractivity contribution < 1.29 is 14.3 Å². The van der Waals surface area contributed by atoms with Crippen LogP contribution in [-0.4, -0.2) is 32.0 Å². The van der Waals surface area contributed by atoms with E-state index in [-0.39, 0.29) is 18.4 Å². The molecular formula is C23H31N3O3. The fourth-order valence-electron chi connectivity index (χ4n) is 2.80. The van der Waals surface area contributed by atoms with E-state index in [4.69, 9.17) is 4.74 Å². The molecule has 156 valence electrons. The average molecular weight is 398 g/mol. The molecule has 2 aromatic carbocycles. The molecule has 2 aromatic rings. The maximum absolute atomic E-state index is 12.1. The molecule has 29 heavy (non-hydrogen) atoms. The van der Waals surface area contributed by atoms with Gasteiger partial charge >= 0.3 is 0 Å². The lowest BCUT2D eigenvalue weighted by Crippen LogP contribution is -2.22. The summed E-state index contributed by atoms with van der Waals surface area (Å²) in [5.41, 5.74) is 2.07. The van der Waals surface area contributed by atoms with E-state index < -0.39 is 0 Å². The van der Waals surface area contributed by atoms with Gasteiger partial charge in [0.15, 0.2) is 0 Å². The molecule has 3 N–H and O–H groups in total. The summed E-state index contributed by atoms with van der Waals surface area (Å²) in [7, 11) is 1.59. The van der Waals surface area contributed by atoms with Crippen molar-refractivity contribution in [3.05, 3.63) is 54.1 Å². The van der Waals surface area contributed by atoms with Crippen molar-refractivity contribution in [2.75, 3.05) is 30.8 Å². The smallest absolute Gasteiger partial charge is 0.251 e. The number of hydrogen-bond acceptors (Lipinski definition) is 4. The van der Waals surface area contributed by atoms with Gasteiger partial charge in [0.1, 0.15) is 5.75 Å². The number of benzene rings is 2. The fraction of sp³-hybridized carbons (Fsp3) is 0.391. The van der Waals surface area contributed by atoms with E-state index in [1.807, 2.05) is 24.3 Å². The number of ether oxygens (including phenoxy) is 1. The summed E-state index contributed by atoms with van der Waals surface area (Å²) in [6.07, 6.45) is 6.05. The molecule has 0 aliphatic rings. The molecule has 0 aliphatic carbocycles. The first-order valence-electron chi connectivity index (χ1n) is 10.2. The molecule has 0 aliphatic heterocycles. The van der Waals surface area contributed by atoms with Gasteiger partial charge in [0, 0.05) is 24.0 Å². The second-order valence-corrected chi connectivity index (χ2v) is 6.85. The predicted octanol–water partition coefficient (Wildman–Crippen LogP) is 4.45. The molecule has 6 nitrogen and oxygen atoms in total. The van der Waals surface area contributed by atoms with Gasteiger partial charge in [-0.05, 0) is 55.0 Å². The normalized spacial score (nSPS) is 10.3. The Labute approximate surface area is 173 Å². The Bertz CT molecular complexity index is 758. The molecule has 2 amide bonds. The Hall–Kier alpha value is -3.02. The molecule has 0 aromatic heterocycles. The van der Waals surface area contributed by atoms with Crippen LogP contribution in [0.15, 0.2) is 48.5 Å². The van der Waals surface area contributed by atoms with Gasteiger partial charge in [-0.15, -0.1) is 0 Å². The van der Waals surface area contributed by atoms with E-state index in [1.54, 1.807) is 31.3 Å². The SMILES string of the molecule is CCCCCCCOc1ccc(NC(=O)CNc2ccc(C(=O)NC)cc2)cc1. The van der Waals surface area contributed by atoms with E-state index in [2.05, 4.69) is 22.9 Å². The first-order valence-corrected chi connectivity index (χ1v) is 10.2. The lowest BCUT2D eigenvalue weighted by atomic mass is 10.2. The summed E-state index contributed by atoms with van der Waals surface area (Å²) in [6.45, 7) is 3.06. The van der Waals surface area contributed by atoms with Crippen molar-refractivity contribution in [2.45, 2.75) is 39.0 Å². The summed E-state index contributed by atoms with van der Waals surface area (Å²) >= 11 is 0. The molecule has 0 heterocycles. The van der Waals surface area contributed by atoms with Crippen molar-refractivity contribution in [3.8, 4) is 5.75 Å². The maximum atomic E-state index is 12.1. The van der Waals surface area contributed by atoms with Crippen LogP contribution in [-0.2, 0) is 4.79 Å². The van der Waals surface area contributed by atoms with Crippen LogP contribution in [0.1, 0.15) is 49.4 Å². The van der Waals surface area contributed by atoms with Gasteiger partial charge in [0.25, 0.3) is 5.91 Å². The van der Waals surface area contributed by atoms with Crippen LogP contribution in [0.4, 0.5) is 11.4 Å². The Balaban J connectivity index is 1.70. The quantitative estimate of drug-likeness (QED) is 0.463. The van der Waals surface area contributed by atoms with Gasteiger partial charge in [-0.25, -0.2) is 0 Å². The third kappa shape index (κ3) is 8.25. The number of amides is 2. The topological polar surface area (TPSA) is 79.5 Å². The van der Waals surface area contributed by atoms with Crippen LogP contribution in [0.2, 0.25) is 0 Å². The minimum Gasteiger partial charge on any atom is -0.494 e. The third-order valence-corrected chi connectivity index (χ3v) is 4.48. The lowest BCUT2D eigenvalue weighted by molar-refractivity contribution is -0.114. The average Bonchev–Trinajstić information content (AvgIpc) is 2.75. The van der Waals surface area contributed by atoms with Crippen molar-refractivity contribution >= 4 is 23.2 Å². The molecule has 6 heteroatoms. The van der Waals surface area contributed by atoms with Gasteiger partial charge in [-0.3, -0.25) is 9.59 Å². The van der Waals surface area contributed by atoms with E-state index in [1.165, 1.54) is 25.7 Å². The molecule has 0 unspecified atom stereocenters. The van der Waals surface area contributed by atoms with Gasteiger partial charge in [0.05, 0.1) is 13.2 Å². The first-order chi connectivity index (χ1) is 14.1. The zero-order valence-electron chi connectivity index (χ0n) is 17.3. The zero-order valence-corrected chi connectivity index (χ0v) is 17.3. The molecule has 0 atom stereocenters. The fourth-order valence-corrected chi connectivity index (χ4v) is 2.80. The summed E-state index contributed by atoms with van der Waals surface area (Å²) in [6, 6.07) is 14.4. The Morgan fingerprint density at radius 2 is 1.52 bits per heavy atom. The molecule has 0 spiro atoms. The summed E-state index contributed by atoms with van der Waals surface area (Å²) in [4.78, 5) is 23.6. The minimum absolute atomic E-state index is 0.134. The molecule has 0 saturated carbocycles. The van der Waals surface area contributed by atoms with Crippen LogP contribution < -0.4 is 20.7 Å². The summed E-state index contributed by atoms with van der Waals surface area (Å²) in [5.74, 6) is 0.524. The highest BCUT2D eigenvalue weighted by atomic mass is 16.5. The van der Waals surface area contributed by atoms with Crippen LogP contribution in [0.3, 0.4) is 0 Å². The molecule has 2 rings (SSSR count). The maximum Gasteiger partial charge on any atom is 0.251 e. The zero-order chi connectivity index (χ0) is 20.9. The van der Waals surface area contributed by atoms with E-state index >= 15 is 0 Å². The second-order valence-electron chi connectivity index (χ2n) is 6.85. The van der Waals surface area contributed by atoms with E-state index in [0.717, 1.165) is 30.2 Å². The molecule has 0 saturated heterocycles. The molecule has 0 radical (unpaired) electrons. The van der Waals surface area contributed by atoms with Crippen molar-refractivity contribution in [1.82, 2.24) is 5.32 Å². The van der Waals surface area contributed by atoms with E-state index in [0.29, 0.717) is 5.56 Å². The Morgan fingerprint density at radius 3 is 2.17 bits per heavy atom. The minimum atomic E-state index is -0.148. The van der Waals surface area contributed by atoms with Crippen LogP contribution in [0.5, 0.6) is 5.75 Å². The monoisotopic (exact) mass is 397 g/mol. The largest absolute Gasteiger partial charge is 0.494 e. The number of rotatable bonds is 12. The third-order valence-electron chi connectivity index (χ3n) is 4.48. The van der Waals surface area contributed by atoms with Crippen LogP contribution in [0, 0.1) is 0 Å². The molecule has 0 bridgehead atoms. The molecule has 0 fully saturated rings. The number of carbonyl (C=O) groups excluding carboxylic acids is 2.